The Balaban J connectivity index is 1.91. The van der Waals surface area contributed by atoms with Gasteiger partial charge >= 0.3 is 11.8 Å². The third-order valence-electron chi connectivity index (χ3n) is 2.81. The summed E-state index contributed by atoms with van der Waals surface area (Å²) in [6.07, 6.45) is 1.25. The summed E-state index contributed by atoms with van der Waals surface area (Å²) in [5, 5.41) is 16.8. The van der Waals surface area contributed by atoms with Gasteiger partial charge in [-0.2, -0.15) is 5.10 Å². The predicted octanol–water partition coefficient (Wildman–Crippen LogP) is 2.34. The first-order valence-electron chi connectivity index (χ1n) is 6.61. The molecule has 9 heteroatoms. The number of nitrogens with one attached hydrogen (secondary N) is 2. The summed E-state index contributed by atoms with van der Waals surface area (Å²) in [6, 6.07) is 12.0. The smallest absolute Gasteiger partial charge is 0.316 e. The molecule has 0 atom stereocenters. The lowest BCUT2D eigenvalue weighted by Gasteiger charge is -2.05. The second kappa shape index (κ2) is 7.84. The Morgan fingerprint density at radius 1 is 1.08 bits per heavy atom. The van der Waals surface area contributed by atoms with Gasteiger partial charge in [-0.3, -0.25) is 19.7 Å². The van der Waals surface area contributed by atoms with Crippen LogP contribution in [0.3, 0.4) is 0 Å². The van der Waals surface area contributed by atoms with E-state index in [1.54, 1.807) is 24.3 Å². The minimum atomic E-state index is -0.979. The Kier molecular flexibility index (Phi) is 5.58. The van der Waals surface area contributed by atoms with Gasteiger partial charge < -0.3 is 5.32 Å². The molecule has 2 aromatic carbocycles. The molecule has 0 fully saturated rings. The topological polar surface area (TPSA) is 114 Å². The largest absolute Gasteiger partial charge is 0.329 e. The number of halogens is 1. The number of carbonyl (C=O) groups excluding carboxylic acids is 2. The summed E-state index contributed by atoms with van der Waals surface area (Å²) >= 11 is 5.87. The third kappa shape index (κ3) is 4.62. The predicted molar refractivity (Wildman–Crippen MR) is 88.9 cm³/mol. The minimum Gasteiger partial charge on any atom is -0.316 e. The van der Waals surface area contributed by atoms with Crippen LogP contribution in [0, 0.1) is 10.1 Å². The number of carbonyl (C=O) groups is 2. The molecule has 8 nitrogen and oxygen atoms in total. The monoisotopic (exact) mass is 346 g/mol. The number of para-hydroxylation sites is 1. The van der Waals surface area contributed by atoms with Crippen LogP contribution in [-0.2, 0) is 9.59 Å². The number of anilines is 1. The van der Waals surface area contributed by atoms with Crippen LogP contribution >= 0.6 is 11.6 Å². The highest BCUT2D eigenvalue weighted by atomic mass is 35.5. The van der Waals surface area contributed by atoms with Gasteiger partial charge in [0.25, 0.3) is 5.69 Å². The summed E-state index contributed by atoms with van der Waals surface area (Å²) in [4.78, 5) is 33.3. The van der Waals surface area contributed by atoms with Crippen molar-refractivity contribution in [2.75, 3.05) is 5.32 Å². The van der Waals surface area contributed by atoms with Crippen LogP contribution in [0.25, 0.3) is 0 Å². The van der Waals surface area contributed by atoms with E-state index in [0.717, 1.165) is 0 Å². The summed E-state index contributed by atoms with van der Waals surface area (Å²) in [6.45, 7) is 0. The fourth-order valence-electron chi connectivity index (χ4n) is 1.64. The van der Waals surface area contributed by atoms with Crippen LogP contribution in [0.2, 0.25) is 5.02 Å². The number of benzene rings is 2. The molecule has 0 aliphatic heterocycles. The molecule has 0 unspecified atom stereocenters. The molecule has 0 saturated carbocycles. The minimum absolute atomic E-state index is 0.0599. The Labute approximate surface area is 141 Å². The first kappa shape index (κ1) is 17.1. The van der Waals surface area contributed by atoms with Crippen molar-refractivity contribution in [3.8, 4) is 0 Å². The van der Waals surface area contributed by atoms with E-state index in [2.05, 4.69) is 10.4 Å². The summed E-state index contributed by atoms with van der Waals surface area (Å²) < 4.78 is 0. The van der Waals surface area contributed by atoms with Gasteiger partial charge in [-0.1, -0.05) is 23.7 Å². The zero-order valence-corrected chi connectivity index (χ0v) is 12.9. The molecule has 0 radical (unpaired) electrons. The molecular weight excluding hydrogens is 336 g/mol. The normalized spacial score (nSPS) is 10.4. The zero-order valence-electron chi connectivity index (χ0n) is 12.1. The number of hydrogen-bond donors (Lipinski definition) is 2. The number of nitro groups is 1. The molecule has 0 aliphatic carbocycles. The van der Waals surface area contributed by atoms with Crippen molar-refractivity contribution in [2.24, 2.45) is 5.10 Å². The quantitative estimate of drug-likeness (QED) is 0.382. The lowest BCUT2D eigenvalue weighted by atomic mass is 10.2. The number of amides is 2. The molecule has 24 heavy (non-hydrogen) atoms. The van der Waals surface area contributed by atoms with Crippen LogP contribution in [0.15, 0.2) is 53.6 Å². The molecule has 122 valence electrons. The van der Waals surface area contributed by atoms with E-state index in [-0.39, 0.29) is 5.69 Å². The lowest BCUT2D eigenvalue weighted by Crippen LogP contribution is -2.32. The van der Waals surface area contributed by atoms with E-state index in [0.29, 0.717) is 16.3 Å². The number of nitro benzene ring substituents is 1. The molecule has 0 bridgehead atoms. The van der Waals surface area contributed by atoms with Crippen LogP contribution in [-0.4, -0.2) is 23.0 Å². The average Bonchev–Trinajstić information content (AvgIpc) is 2.57. The average molecular weight is 347 g/mol. The maximum atomic E-state index is 11.7. The van der Waals surface area contributed by atoms with Gasteiger partial charge in [0, 0.05) is 12.1 Å². The van der Waals surface area contributed by atoms with E-state index in [1.807, 2.05) is 5.43 Å². The molecule has 0 heterocycles. The second-order valence-electron chi connectivity index (χ2n) is 4.48. The van der Waals surface area contributed by atoms with Gasteiger partial charge in [0.15, 0.2) is 0 Å². The van der Waals surface area contributed by atoms with Crippen molar-refractivity contribution in [1.29, 1.82) is 0 Å². The van der Waals surface area contributed by atoms with Crippen LogP contribution in [0.4, 0.5) is 11.4 Å². The SMILES string of the molecule is O=C(N/N=C/c1ccc([N+](=O)[O-])cc1)C(=O)Nc1ccccc1Cl. The Bertz CT molecular complexity index is 805. The molecule has 0 aromatic heterocycles. The Morgan fingerprint density at radius 3 is 2.38 bits per heavy atom. The molecule has 2 amide bonds. The van der Waals surface area contributed by atoms with Crippen LogP contribution in [0.1, 0.15) is 5.56 Å². The summed E-state index contributed by atoms with van der Waals surface area (Å²) in [5.74, 6) is -1.91. The highest BCUT2D eigenvalue weighted by molar-refractivity contribution is 6.41. The van der Waals surface area contributed by atoms with E-state index in [1.165, 1.54) is 30.5 Å². The molecule has 0 aliphatic rings. The van der Waals surface area contributed by atoms with E-state index >= 15 is 0 Å². The van der Waals surface area contributed by atoms with Gasteiger partial charge in [-0.15, -0.1) is 0 Å². The Morgan fingerprint density at radius 2 is 1.75 bits per heavy atom. The molecule has 2 rings (SSSR count). The second-order valence-corrected chi connectivity index (χ2v) is 4.89. The van der Waals surface area contributed by atoms with E-state index < -0.39 is 16.7 Å². The highest BCUT2D eigenvalue weighted by Gasteiger charge is 2.14. The number of rotatable bonds is 4. The zero-order chi connectivity index (χ0) is 17.5. The Hall–Kier alpha value is -3.26. The van der Waals surface area contributed by atoms with Crippen molar-refractivity contribution in [3.63, 3.8) is 0 Å². The highest BCUT2D eigenvalue weighted by Crippen LogP contribution is 2.20. The number of hydrogen-bond acceptors (Lipinski definition) is 5. The maximum absolute atomic E-state index is 11.7. The standard InChI is InChI=1S/C15H11ClN4O4/c16-12-3-1-2-4-13(12)18-14(21)15(22)19-17-9-10-5-7-11(8-6-10)20(23)24/h1-9H,(H,18,21)(H,19,22)/b17-9+. The van der Waals surface area contributed by atoms with Crippen molar-refractivity contribution in [2.45, 2.75) is 0 Å². The van der Waals surface area contributed by atoms with Crippen LogP contribution < -0.4 is 10.7 Å². The van der Waals surface area contributed by atoms with Gasteiger partial charge in [-0.05, 0) is 29.8 Å². The first-order chi connectivity index (χ1) is 11.5. The third-order valence-corrected chi connectivity index (χ3v) is 3.14. The van der Waals surface area contributed by atoms with Crippen molar-refractivity contribution in [3.05, 3.63) is 69.2 Å². The summed E-state index contributed by atoms with van der Waals surface area (Å²) in [7, 11) is 0. The van der Waals surface area contributed by atoms with E-state index in [9.17, 15) is 19.7 Å². The van der Waals surface area contributed by atoms with Gasteiger partial charge in [0.05, 0.1) is 21.8 Å². The molecule has 2 aromatic rings. The maximum Gasteiger partial charge on any atom is 0.329 e. The molecule has 0 spiro atoms. The van der Waals surface area contributed by atoms with Crippen molar-refractivity contribution in [1.82, 2.24) is 5.43 Å². The fourth-order valence-corrected chi connectivity index (χ4v) is 1.82. The first-order valence-corrected chi connectivity index (χ1v) is 6.98. The van der Waals surface area contributed by atoms with Crippen molar-refractivity contribution >= 4 is 41.0 Å². The van der Waals surface area contributed by atoms with Crippen LogP contribution in [0.5, 0.6) is 0 Å². The van der Waals surface area contributed by atoms with Crippen molar-refractivity contribution < 1.29 is 14.5 Å². The fraction of sp³-hybridized carbons (Fsp3) is 0. The lowest BCUT2D eigenvalue weighted by molar-refractivity contribution is -0.384. The number of non-ortho nitro benzene ring substituents is 1. The number of nitrogens with zero attached hydrogens (tertiary/aromatic N) is 2. The van der Waals surface area contributed by atoms with Gasteiger partial charge in [0.2, 0.25) is 0 Å². The number of hydrazone groups is 1. The molecular formula is C15H11ClN4O4. The van der Waals surface area contributed by atoms with E-state index in [4.69, 9.17) is 11.6 Å². The summed E-state index contributed by atoms with van der Waals surface area (Å²) in [5.41, 5.74) is 2.81. The van der Waals surface area contributed by atoms with Gasteiger partial charge in [-0.25, -0.2) is 5.43 Å². The molecule has 2 N–H and O–H groups in total. The molecule has 0 saturated heterocycles. The van der Waals surface area contributed by atoms with Gasteiger partial charge in [0.1, 0.15) is 0 Å².